The quantitative estimate of drug-likeness (QED) is 0.887. The van der Waals surface area contributed by atoms with Crippen LogP contribution in [0.3, 0.4) is 0 Å². The van der Waals surface area contributed by atoms with E-state index in [4.69, 9.17) is 5.73 Å². The first-order chi connectivity index (χ1) is 9.20. The fourth-order valence-electron chi connectivity index (χ4n) is 1.65. The van der Waals surface area contributed by atoms with E-state index in [9.17, 15) is 4.79 Å². The van der Waals surface area contributed by atoms with Gasteiger partial charge in [0, 0.05) is 25.5 Å². The van der Waals surface area contributed by atoms with E-state index >= 15 is 0 Å². The smallest absolute Gasteiger partial charge is 0.274 e. The number of rotatable bonds is 4. The van der Waals surface area contributed by atoms with E-state index in [0.717, 1.165) is 5.56 Å². The Morgan fingerprint density at radius 1 is 1.21 bits per heavy atom. The highest BCUT2D eigenvalue weighted by atomic mass is 16.2. The zero-order valence-electron chi connectivity index (χ0n) is 10.7. The maximum atomic E-state index is 12.3. The Balaban J connectivity index is 2.13. The van der Waals surface area contributed by atoms with Crippen LogP contribution in [-0.4, -0.2) is 32.5 Å². The molecule has 6 heteroatoms. The van der Waals surface area contributed by atoms with Gasteiger partial charge in [0.2, 0.25) is 0 Å². The van der Waals surface area contributed by atoms with Crippen LogP contribution in [0.25, 0.3) is 0 Å². The lowest BCUT2D eigenvalue weighted by Gasteiger charge is -2.20. The van der Waals surface area contributed by atoms with Crippen molar-refractivity contribution in [2.24, 2.45) is 0 Å². The average Bonchev–Trinajstić information content (AvgIpc) is 2.46. The molecule has 2 aromatic heterocycles. The minimum absolute atomic E-state index is 0.160. The number of anilines is 1. The average molecular weight is 257 g/mol. The predicted octanol–water partition coefficient (Wildman–Crippen LogP) is 1.12. The molecule has 0 atom stereocenters. The lowest BCUT2D eigenvalue weighted by Crippen LogP contribution is -2.31. The molecule has 0 unspecified atom stereocenters. The first-order valence-corrected chi connectivity index (χ1v) is 5.98. The lowest BCUT2D eigenvalue weighted by atomic mass is 10.2. The Kier molecular flexibility index (Phi) is 4.02. The molecule has 0 aromatic carbocycles. The number of aromatic nitrogens is 3. The van der Waals surface area contributed by atoms with Gasteiger partial charge in [-0.15, -0.1) is 10.2 Å². The monoisotopic (exact) mass is 257 g/mol. The highest BCUT2D eigenvalue weighted by molar-refractivity contribution is 5.92. The van der Waals surface area contributed by atoms with Crippen molar-refractivity contribution in [3.63, 3.8) is 0 Å². The molecule has 0 aliphatic heterocycles. The molecule has 6 nitrogen and oxygen atoms in total. The first kappa shape index (κ1) is 12.9. The van der Waals surface area contributed by atoms with Gasteiger partial charge in [0.25, 0.3) is 5.91 Å². The molecule has 1 amide bonds. The molecule has 0 bridgehead atoms. The molecular formula is C13H15N5O. The second-order valence-electron chi connectivity index (χ2n) is 4.02. The van der Waals surface area contributed by atoms with Crippen molar-refractivity contribution in [3.8, 4) is 0 Å². The van der Waals surface area contributed by atoms with E-state index in [-0.39, 0.29) is 5.91 Å². The fourth-order valence-corrected chi connectivity index (χ4v) is 1.65. The van der Waals surface area contributed by atoms with Crippen LogP contribution in [0, 0.1) is 0 Å². The van der Waals surface area contributed by atoms with Crippen LogP contribution in [0.2, 0.25) is 0 Å². The zero-order chi connectivity index (χ0) is 13.7. The van der Waals surface area contributed by atoms with Crippen molar-refractivity contribution in [1.82, 2.24) is 20.1 Å². The van der Waals surface area contributed by atoms with Crippen molar-refractivity contribution < 1.29 is 4.79 Å². The third-order valence-corrected chi connectivity index (χ3v) is 2.70. The number of carbonyl (C=O) groups excluding carboxylic acids is 1. The normalized spacial score (nSPS) is 10.2. The van der Waals surface area contributed by atoms with E-state index in [1.54, 1.807) is 29.4 Å². The van der Waals surface area contributed by atoms with E-state index in [2.05, 4.69) is 15.2 Å². The van der Waals surface area contributed by atoms with Gasteiger partial charge in [-0.1, -0.05) is 0 Å². The van der Waals surface area contributed by atoms with Gasteiger partial charge in [-0.05, 0) is 36.8 Å². The highest BCUT2D eigenvalue weighted by Crippen LogP contribution is 2.08. The summed E-state index contributed by atoms with van der Waals surface area (Å²) in [6.07, 6.45) is 3.41. The molecule has 0 saturated heterocycles. The number of nitrogens with two attached hydrogens (primary N) is 1. The molecule has 0 fully saturated rings. The first-order valence-electron chi connectivity index (χ1n) is 5.98. The topological polar surface area (TPSA) is 85.0 Å². The Morgan fingerprint density at radius 3 is 2.53 bits per heavy atom. The maximum absolute atomic E-state index is 12.3. The van der Waals surface area contributed by atoms with Gasteiger partial charge in [-0.25, -0.2) is 0 Å². The largest absolute Gasteiger partial charge is 0.382 e. The Hall–Kier alpha value is -2.50. The molecule has 2 rings (SSSR count). The van der Waals surface area contributed by atoms with Crippen molar-refractivity contribution >= 4 is 11.7 Å². The highest BCUT2D eigenvalue weighted by Gasteiger charge is 2.16. The van der Waals surface area contributed by atoms with E-state index in [0.29, 0.717) is 24.6 Å². The van der Waals surface area contributed by atoms with Crippen molar-refractivity contribution in [3.05, 3.63) is 47.9 Å². The minimum atomic E-state index is -0.160. The minimum Gasteiger partial charge on any atom is -0.382 e. The van der Waals surface area contributed by atoms with Gasteiger partial charge in [-0.3, -0.25) is 9.78 Å². The van der Waals surface area contributed by atoms with Gasteiger partial charge in [0.1, 0.15) is 5.82 Å². The molecule has 0 aliphatic carbocycles. The Bertz CT molecular complexity index is 541. The Labute approximate surface area is 111 Å². The second-order valence-corrected chi connectivity index (χ2v) is 4.02. The van der Waals surface area contributed by atoms with E-state index < -0.39 is 0 Å². The summed E-state index contributed by atoms with van der Waals surface area (Å²) in [5.74, 6) is 0.139. The standard InChI is InChI=1S/C13H15N5O/c1-2-18(9-10-5-7-15-8-6-10)13(19)11-3-4-12(14)17-16-11/h3-8H,2,9H2,1H3,(H2,14,17). The summed E-state index contributed by atoms with van der Waals surface area (Å²) in [6.45, 7) is 3.03. The van der Waals surface area contributed by atoms with Crippen LogP contribution in [-0.2, 0) is 6.54 Å². The molecular weight excluding hydrogens is 242 g/mol. The molecule has 0 spiro atoms. The number of nitrogen functional groups attached to an aromatic ring is 1. The van der Waals surface area contributed by atoms with Gasteiger partial charge >= 0.3 is 0 Å². The van der Waals surface area contributed by atoms with Gasteiger partial charge in [0.15, 0.2) is 5.69 Å². The third kappa shape index (κ3) is 3.25. The molecule has 0 radical (unpaired) electrons. The summed E-state index contributed by atoms with van der Waals surface area (Å²) in [5, 5.41) is 7.50. The van der Waals surface area contributed by atoms with Gasteiger partial charge < -0.3 is 10.6 Å². The van der Waals surface area contributed by atoms with Crippen molar-refractivity contribution in [2.75, 3.05) is 12.3 Å². The summed E-state index contributed by atoms with van der Waals surface area (Å²) in [6, 6.07) is 6.91. The summed E-state index contributed by atoms with van der Waals surface area (Å²) in [4.78, 5) is 17.9. The molecule has 0 aliphatic rings. The van der Waals surface area contributed by atoms with E-state index in [1.165, 1.54) is 0 Å². The van der Waals surface area contributed by atoms with Crippen LogP contribution in [0.4, 0.5) is 5.82 Å². The molecule has 98 valence electrons. The van der Waals surface area contributed by atoms with Crippen LogP contribution < -0.4 is 5.73 Å². The van der Waals surface area contributed by atoms with Crippen LogP contribution >= 0.6 is 0 Å². The third-order valence-electron chi connectivity index (χ3n) is 2.70. The maximum Gasteiger partial charge on any atom is 0.274 e. The van der Waals surface area contributed by atoms with Gasteiger partial charge in [-0.2, -0.15) is 0 Å². The van der Waals surface area contributed by atoms with Crippen molar-refractivity contribution in [2.45, 2.75) is 13.5 Å². The lowest BCUT2D eigenvalue weighted by molar-refractivity contribution is 0.0745. The number of hydrogen-bond acceptors (Lipinski definition) is 5. The number of carbonyl (C=O) groups is 1. The summed E-state index contributed by atoms with van der Waals surface area (Å²) < 4.78 is 0. The molecule has 2 aromatic rings. The molecule has 2 heterocycles. The molecule has 0 saturated carbocycles. The van der Waals surface area contributed by atoms with Crippen LogP contribution in [0.15, 0.2) is 36.7 Å². The van der Waals surface area contributed by atoms with Crippen LogP contribution in [0.1, 0.15) is 23.0 Å². The number of amides is 1. The van der Waals surface area contributed by atoms with Crippen molar-refractivity contribution in [1.29, 1.82) is 0 Å². The fraction of sp³-hybridized carbons (Fsp3) is 0.231. The SMILES string of the molecule is CCN(Cc1ccncc1)C(=O)c1ccc(N)nn1. The molecule has 19 heavy (non-hydrogen) atoms. The number of pyridine rings is 1. The van der Waals surface area contributed by atoms with E-state index in [1.807, 2.05) is 19.1 Å². The second kappa shape index (κ2) is 5.90. The molecule has 2 N–H and O–H groups in total. The summed E-state index contributed by atoms with van der Waals surface area (Å²) in [7, 11) is 0. The Morgan fingerprint density at radius 2 is 1.95 bits per heavy atom. The number of nitrogens with zero attached hydrogens (tertiary/aromatic N) is 4. The summed E-state index contributed by atoms with van der Waals surface area (Å²) in [5.41, 5.74) is 6.77. The predicted molar refractivity (Wildman–Crippen MR) is 71.1 cm³/mol. The zero-order valence-corrected chi connectivity index (χ0v) is 10.7. The number of hydrogen-bond donors (Lipinski definition) is 1. The van der Waals surface area contributed by atoms with Crippen LogP contribution in [0.5, 0.6) is 0 Å². The van der Waals surface area contributed by atoms with Gasteiger partial charge in [0.05, 0.1) is 0 Å². The summed E-state index contributed by atoms with van der Waals surface area (Å²) >= 11 is 0.